The number of carbonyl (C=O) groups is 2. The van der Waals surface area contributed by atoms with Gasteiger partial charge in [0.05, 0.1) is 21.2 Å². The van der Waals surface area contributed by atoms with Crippen molar-refractivity contribution in [3.63, 3.8) is 0 Å². The van der Waals surface area contributed by atoms with Gasteiger partial charge in [-0.05, 0) is 54.8 Å². The Bertz CT molecular complexity index is 1520. The van der Waals surface area contributed by atoms with Crippen molar-refractivity contribution in [2.75, 3.05) is 17.4 Å². The number of hydrogen-bond donors (Lipinski definition) is 1. The normalized spacial score (nSPS) is 12.4. The van der Waals surface area contributed by atoms with E-state index in [0.29, 0.717) is 33.9 Å². The van der Waals surface area contributed by atoms with E-state index in [4.69, 9.17) is 23.2 Å². The van der Waals surface area contributed by atoms with Crippen molar-refractivity contribution in [1.82, 2.24) is 10.2 Å². The van der Waals surface area contributed by atoms with Gasteiger partial charge in [-0.2, -0.15) is 13.2 Å². The van der Waals surface area contributed by atoms with Crippen molar-refractivity contribution in [3.05, 3.63) is 94.0 Å². The van der Waals surface area contributed by atoms with Crippen LogP contribution in [0.15, 0.2) is 77.7 Å². The van der Waals surface area contributed by atoms with Gasteiger partial charge in [0.2, 0.25) is 11.8 Å². The van der Waals surface area contributed by atoms with Gasteiger partial charge in [-0.3, -0.25) is 13.9 Å². The van der Waals surface area contributed by atoms with Gasteiger partial charge in [0.25, 0.3) is 10.0 Å². The zero-order chi connectivity index (χ0) is 31.8. The smallest absolute Gasteiger partial charge is 0.354 e. The molecule has 3 aromatic rings. The number of alkyl halides is 3. The number of benzene rings is 3. The second-order valence-corrected chi connectivity index (χ2v) is 12.3. The Morgan fingerprint density at radius 2 is 1.58 bits per heavy atom. The van der Waals surface area contributed by atoms with E-state index in [1.165, 1.54) is 29.2 Å². The van der Waals surface area contributed by atoms with Gasteiger partial charge in [-0.15, -0.1) is 0 Å². The number of amides is 2. The Labute approximate surface area is 259 Å². The number of sulfonamides is 1. The largest absolute Gasteiger partial charge is 0.416 e. The van der Waals surface area contributed by atoms with E-state index in [1.807, 2.05) is 6.92 Å². The molecule has 0 bridgehead atoms. The van der Waals surface area contributed by atoms with Crippen LogP contribution >= 0.6 is 23.2 Å². The molecule has 1 atom stereocenters. The summed E-state index contributed by atoms with van der Waals surface area (Å²) in [7, 11) is -4.61. The molecule has 0 aliphatic heterocycles. The van der Waals surface area contributed by atoms with Gasteiger partial charge < -0.3 is 10.2 Å². The van der Waals surface area contributed by atoms with Crippen LogP contribution in [0.25, 0.3) is 0 Å². The van der Waals surface area contributed by atoms with Gasteiger partial charge >= 0.3 is 6.18 Å². The number of halogens is 5. The van der Waals surface area contributed by atoms with Crippen LogP contribution < -0.4 is 9.62 Å². The van der Waals surface area contributed by atoms with Crippen LogP contribution in [0, 0.1) is 0 Å². The molecule has 1 N–H and O–H groups in total. The molecule has 2 amide bonds. The summed E-state index contributed by atoms with van der Waals surface area (Å²) < 4.78 is 69.3. The minimum absolute atomic E-state index is 0.159. The number of nitrogens with one attached hydrogen (secondary N) is 1. The second-order valence-electron chi connectivity index (χ2n) is 9.67. The minimum Gasteiger partial charge on any atom is -0.354 e. The fraction of sp³-hybridized carbons (Fsp3) is 0.333. The Morgan fingerprint density at radius 3 is 2.19 bits per heavy atom. The van der Waals surface area contributed by atoms with Crippen molar-refractivity contribution >= 4 is 50.7 Å². The summed E-state index contributed by atoms with van der Waals surface area (Å²) in [6.07, 6.45) is -3.11. The van der Waals surface area contributed by atoms with Crippen molar-refractivity contribution in [3.8, 4) is 0 Å². The molecular formula is C30H32Cl2F3N3O4S. The summed E-state index contributed by atoms with van der Waals surface area (Å²) in [6.45, 7) is 2.92. The van der Waals surface area contributed by atoms with Crippen molar-refractivity contribution in [2.45, 2.75) is 56.8 Å². The highest BCUT2D eigenvalue weighted by atomic mass is 35.5. The fourth-order valence-electron chi connectivity index (χ4n) is 4.35. The summed E-state index contributed by atoms with van der Waals surface area (Å²) in [4.78, 5) is 28.2. The highest BCUT2D eigenvalue weighted by Crippen LogP contribution is 2.37. The molecular weight excluding hydrogens is 626 g/mol. The average Bonchev–Trinajstić information content (AvgIpc) is 2.97. The topological polar surface area (TPSA) is 86.8 Å². The highest BCUT2D eigenvalue weighted by Gasteiger charge is 2.37. The molecule has 0 aliphatic carbocycles. The molecule has 0 saturated carbocycles. The number of hydrogen-bond acceptors (Lipinski definition) is 4. The zero-order valence-corrected chi connectivity index (χ0v) is 25.9. The van der Waals surface area contributed by atoms with Crippen molar-refractivity contribution < 1.29 is 31.2 Å². The average molecular weight is 659 g/mol. The lowest BCUT2D eigenvalue weighted by Gasteiger charge is -2.33. The third kappa shape index (κ3) is 8.64. The number of anilines is 1. The molecule has 0 aromatic heterocycles. The van der Waals surface area contributed by atoms with E-state index in [9.17, 15) is 31.2 Å². The fourth-order valence-corrected chi connectivity index (χ4v) is 6.26. The highest BCUT2D eigenvalue weighted by molar-refractivity contribution is 7.92. The second kappa shape index (κ2) is 14.9. The Morgan fingerprint density at radius 1 is 0.930 bits per heavy atom. The number of carbonyl (C=O) groups excluding carboxylic acids is 2. The Kier molecular flexibility index (Phi) is 11.9. The maximum atomic E-state index is 14.1. The maximum Gasteiger partial charge on any atom is 0.416 e. The van der Waals surface area contributed by atoms with Crippen LogP contribution in [0.2, 0.25) is 10.0 Å². The quantitative estimate of drug-likeness (QED) is 0.202. The van der Waals surface area contributed by atoms with E-state index >= 15 is 0 Å². The first-order valence-electron chi connectivity index (χ1n) is 13.6. The SMILES string of the molecule is CCCCNC(=O)[C@H](CC)N(Cc1ccccc1Cl)C(=O)CN(c1cc(C(F)(F)F)ccc1Cl)S(=O)(=O)c1ccccc1. The van der Waals surface area contributed by atoms with Crippen LogP contribution in [0.1, 0.15) is 44.2 Å². The van der Waals surface area contributed by atoms with Gasteiger partial charge in [-0.1, -0.05) is 79.9 Å². The molecule has 0 aliphatic rings. The maximum absolute atomic E-state index is 14.1. The van der Waals surface area contributed by atoms with Crippen molar-refractivity contribution in [1.29, 1.82) is 0 Å². The van der Waals surface area contributed by atoms with Crippen LogP contribution in [0.4, 0.5) is 18.9 Å². The summed E-state index contributed by atoms with van der Waals surface area (Å²) in [5.41, 5.74) is -1.19. The summed E-state index contributed by atoms with van der Waals surface area (Å²) in [5.74, 6) is -1.30. The van der Waals surface area contributed by atoms with Crippen LogP contribution in [0.5, 0.6) is 0 Å². The van der Waals surface area contributed by atoms with E-state index in [0.717, 1.165) is 18.6 Å². The zero-order valence-electron chi connectivity index (χ0n) is 23.6. The number of nitrogens with zero attached hydrogens (tertiary/aromatic N) is 2. The van der Waals surface area contributed by atoms with Gasteiger partial charge in [0, 0.05) is 18.1 Å². The minimum atomic E-state index is -4.81. The molecule has 7 nitrogen and oxygen atoms in total. The molecule has 0 saturated heterocycles. The van der Waals surface area contributed by atoms with E-state index < -0.39 is 51.9 Å². The third-order valence-electron chi connectivity index (χ3n) is 6.67. The standard InChI is InChI=1S/C30H32Cl2F3N3O4S/c1-3-5-17-36-29(40)26(4-2)37(19-21-11-9-10-14-24(21)31)28(39)20-38(43(41,42)23-12-7-6-8-13-23)27-18-22(30(33,34)35)15-16-25(27)32/h6-16,18,26H,3-5,17,19-20H2,1-2H3,(H,36,40)/t26-/m0/s1. The number of unbranched alkanes of at least 4 members (excludes halogenated alkanes) is 1. The monoisotopic (exact) mass is 657 g/mol. The lowest BCUT2D eigenvalue weighted by Crippen LogP contribution is -2.52. The van der Waals surface area contributed by atoms with E-state index in [2.05, 4.69) is 5.32 Å². The molecule has 0 fully saturated rings. The van der Waals surface area contributed by atoms with Crippen LogP contribution in [-0.4, -0.2) is 44.3 Å². The van der Waals surface area contributed by atoms with Crippen molar-refractivity contribution in [2.24, 2.45) is 0 Å². The van der Waals surface area contributed by atoms with Gasteiger partial charge in [-0.25, -0.2) is 8.42 Å². The first-order chi connectivity index (χ1) is 20.3. The van der Waals surface area contributed by atoms with Crippen LogP contribution in [-0.2, 0) is 32.3 Å². The lowest BCUT2D eigenvalue weighted by molar-refractivity contribution is -0.140. The summed E-state index contributed by atoms with van der Waals surface area (Å²) in [6, 6.07) is 14.8. The number of rotatable bonds is 13. The molecule has 0 unspecified atom stereocenters. The molecule has 43 heavy (non-hydrogen) atoms. The van der Waals surface area contributed by atoms with Gasteiger partial charge in [0.1, 0.15) is 12.6 Å². The predicted octanol–water partition coefficient (Wildman–Crippen LogP) is 6.93. The third-order valence-corrected chi connectivity index (χ3v) is 9.13. The van der Waals surface area contributed by atoms with E-state index in [-0.39, 0.29) is 22.9 Å². The Hall–Kier alpha value is -3.28. The molecule has 0 spiro atoms. The first-order valence-corrected chi connectivity index (χ1v) is 15.8. The van der Waals surface area contributed by atoms with Crippen LogP contribution in [0.3, 0.4) is 0 Å². The lowest BCUT2D eigenvalue weighted by atomic mass is 10.1. The first kappa shape index (κ1) is 34.2. The summed E-state index contributed by atoms with van der Waals surface area (Å²) in [5, 5.41) is 2.80. The molecule has 3 rings (SSSR count). The molecule has 0 heterocycles. The van der Waals surface area contributed by atoms with E-state index in [1.54, 1.807) is 37.3 Å². The summed E-state index contributed by atoms with van der Waals surface area (Å²) >= 11 is 12.6. The van der Waals surface area contributed by atoms with Gasteiger partial charge in [0.15, 0.2) is 0 Å². The molecule has 232 valence electrons. The molecule has 3 aromatic carbocycles. The Balaban J connectivity index is 2.14. The predicted molar refractivity (Wildman–Crippen MR) is 161 cm³/mol. The molecule has 13 heteroatoms. The molecule has 0 radical (unpaired) electrons.